The van der Waals surface area contributed by atoms with Gasteiger partial charge in [-0.1, -0.05) is 45.4 Å². The van der Waals surface area contributed by atoms with Crippen LogP contribution in [-0.2, 0) is 6.42 Å². The maximum Gasteiger partial charge on any atom is 0.122 e. The molecule has 2 atom stereocenters. The maximum absolute atomic E-state index is 6.04. The standard InChI is InChI=1S/C14H23NO/c1-4-11(3)13(15)10-16-14-9-7-6-8-12(14)5-2/h6-9,11,13H,4-5,10,15H2,1-3H3. The lowest BCUT2D eigenvalue weighted by atomic mass is 10.0. The van der Waals surface area contributed by atoms with E-state index in [1.807, 2.05) is 18.2 Å². The van der Waals surface area contributed by atoms with E-state index in [1.54, 1.807) is 0 Å². The van der Waals surface area contributed by atoms with Gasteiger partial charge < -0.3 is 10.5 Å². The third-order valence-electron chi connectivity index (χ3n) is 3.16. The van der Waals surface area contributed by atoms with Crippen molar-refractivity contribution in [2.45, 2.75) is 39.7 Å². The fraction of sp³-hybridized carbons (Fsp3) is 0.571. The Morgan fingerprint density at radius 1 is 1.25 bits per heavy atom. The highest BCUT2D eigenvalue weighted by molar-refractivity contribution is 5.33. The highest BCUT2D eigenvalue weighted by atomic mass is 16.5. The molecular weight excluding hydrogens is 198 g/mol. The van der Waals surface area contributed by atoms with E-state index < -0.39 is 0 Å². The normalized spacial score (nSPS) is 14.5. The van der Waals surface area contributed by atoms with Gasteiger partial charge in [0.15, 0.2) is 0 Å². The van der Waals surface area contributed by atoms with Crippen molar-refractivity contribution >= 4 is 0 Å². The van der Waals surface area contributed by atoms with Gasteiger partial charge in [0.25, 0.3) is 0 Å². The Hall–Kier alpha value is -1.02. The van der Waals surface area contributed by atoms with Gasteiger partial charge in [0.05, 0.1) is 0 Å². The van der Waals surface area contributed by atoms with Crippen LogP contribution in [0, 0.1) is 5.92 Å². The molecule has 2 nitrogen and oxygen atoms in total. The van der Waals surface area contributed by atoms with Crippen LogP contribution in [0.2, 0.25) is 0 Å². The van der Waals surface area contributed by atoms with Gasteiger partial charge in [0.2, 0.25) is 0 Å². The van der Waals surface area contributed by atoms with Gasteiger partial charge in [-0.25, -0.2) is 0 Å². The topological polar surface area (TPSA) is 35.2 Å². The lowest BCUT2D eigenvalue weighted by Gasteiger charge is -2.19. The van der Waals surface area contributed by atoms with Crippen LogP contribution in [0.3, 0.4) is 0 Å². The summed E-state index contributed by atoms with van der Waals surface area (Å²) >= 11 is 0. The van der Waals surface area contributed by atoms with Crippen LogP contribution in [0.15, 0.2) is 24.3 Å². The van der Waals surface area contributed by atoms with E-state index in [4.69, 9.17) is 10.5 Å². The molecule has 0 spiro atoms. The molecule has 2 heteroatoms. The number of ether oxygens (including phenoxy) is 1. The van der Waals surface area contributed by atoms with Gasteiger partial charge in [-0.2, -0.15) is 0 Å². The summed E-state index contributed by atoms with van der Waals surface area (Å²) in [4.78, 5) is 0. The molecule has 2 unspecified atom stereocenters. The number of para-hydroxylation sites is 1. The number of hydrogen-bond acceptors (Lipinski definition) is 2. The van der Waals surface area contributed by atoms with Gasteiger partial charge in [-0.05, 0) is 24.0 Å². The average molecular weight is 221 g/mol. The van der Waals surface area contributed by atoms with Crippen molar-refractivity contribution in [3.63, 3.8) is 0 Å². The van der Waals surface area contributed by atoms with E-state index in [-0.39, 0.29) is 6.04 Å². The Morgan fingerprint density at radius 3 is 2.56 bits per heavy atom. The van der Waals surface area contributed by atoms with Crippen LogP contribution in [-0.4, -0.2) is 12.6 Å². The lowest BCUT2D eigenvalue weighted by molar-refractivity contribution is 0.248. The van der Waals surface area contributed by atoms with Gasteiger partial charge in [-0.3, -0.25) is 0 Å². The molecule has 1 aromatic rings. The molecule has 90 valence electrons. The zero-order valence-corrected chi connectivity index (χ0v) is 10.6. The van der Waals surface area contributed by atoms with Crippen molar-refractivity contribution in [1.82, 2.24) is 0 Å². The first-order valence-corrected chi connectivity index (χ1v) is 6.15. The maximum atomic E-state index is 6.04. The first-order chi connectivity index (χ1) is 7.69. The van der Waals surface area contributed by atoms with Crippen molar-refractivity contribution in [2.24, 2.45) is 11.7 Å². The fourth-order valence-electron chi connectivity index (χ4n) is 1.59. The minimum atomic E-state index is 0.120. The van der Waals surface area contributed by atoms with E-state index in [2.05, 4.69) is 26.8 Å². The summed E-state index contributed by atoms with van der Waals surface area (Å²) in [6, 6.07) is 8.28. The summed E-state index contributed by atoms with van der Waals surface area (Å²) in [6.45, 7) is 7.06. The molecule has 0 amide bonds. The Labute approximate surface area is 98.8 Å². The summed E-state index contributed by atoms with van der Waals surface area (Å²) in [7, 11) is 0. The molecule has 0 radical (unpaired) electrons. The minimum absolute atomic E-state index is 0.120. The van der Waals surface area contributed by atoms with Crippen molar-refractivity contribution in [1.29, 1.82) is 0 Å². The number of aryl methyl sites for hydroxylation is 1. The molecule has 0 aliphatic heterocycles. The number of benzene rings is 1. The molecule has 0 saturated carbocycles. The molecule has 0 bridgehead atoms. The van der Waals surface area contributed by atoms with Crippen molar-refractivity contribution in [3.8, 4) is 5.75 Å². The first kappa shape index (κ1) is 13.0. The smallest absolute Gasteiger partial charge is 0.122 e. The van der Waals surface area contributed by atoms with Crippen molar-refractivity contribution < 1.29 is 4.74 Å². The van der Waals surface area contributed by atoms with E-state index in [0.717, 1.165) is 18.6 Å². The zero-order chi connectivity index (χ0) is 12.0. The molecule has 0 saturated heterocycles. The third kappa shape index (κ3) is 3.53. The van der Waals surface area contributed by atoms with Crippen LogP contribution in [0.1, 0.15) is 32.8 Å². The molecule has 2 N–H and O–H groups in total. The Balaban J connectivity index is 2.54. The number of nitrogens with two attached hydrogens (primary N) is 1. The largest absolute Gasteiger partial charge is 0.492 e. The molecule has 1 rings (SSSR count). The van der Waals surface area contributed by atoms with Crippen LogP contribution in [0.25, 0.3) is 0 Å². The van der Waals surface area contributed by atoms with E-state index >= 15 is 0 Å². The molecule has 0 fully saturated rings. The lowest BCUT2D eigenvalue weighted by Crippen LogP contribution is -2.34. The highest BCUT2D eigenvalue weighted by Crippen LogP contribution is 2.19. The molecule has 1 aromatic carbocycles. The number of hydrogen-bond donors (Lipinski definition) is 1. The molecule has 0 heterocycles. The van der Waals surface area contributed by atoms with Crippen LogP contribution < -0.4 is 10.5 Å². The first-order valence-electron chi connectivity index (χ1n) is 6.15. The van der Waals surface area contributed by atoms with Gasteiger partial charge >= 0.3 is 0 Å². The molecule has 0 aliphatic rings. The minimum Gasteiger partial charge on any atom is -0.492 e. The second-order valence-corrected chi connectivity index (χ2v) is 4.32. The predicted molar refractivity (Wildman–Crippen MR) is 68.7 cm³/mol. The Morgan fingerprint density at radius 2 is 1.94 bits per heavy atom. The predicted octanol–water partition coefficient (Wildman–Crippen LogP) is 3.00. The van der Waals surface area contributed by atoms with E-state index in [0.29, 0.717) is 12.5 Å². The van der Waals surface area contributed by atoms with Crippen LogP contribution in [0.5, 0.6) is 5.75 Å². The third-order valence-corrected chi connectivity index (χ3v) is 3.16. The molecule has 0 aliphatic carbocycles. The van der Waals surface area contributed by atoms with Gasteiger partial charge in [-0.15, -0.1) is 0 Å². The SMILES string of the molecule is CCc1ccccc1OCC(N)C(C)CC. The van der Waals surface area contributed by atoms with Crippen molar-refractivity contribution in [3.05, 3.63) is 29.8 Å². The summed E-state index contributed by atoms with van der Waals surface area (Å²) < 4.78 is 5.79. The second kappa shape index (κ2) is 6.54. The quantitative estimate of drug-likeness (QED) is 0.801. The molecular formula is C14H23NO. The highest BCUT2D eigenvalue weighted by Gasteiger charge is 2.11. The number of rotatable bonds is 6. The summed E-state index contributed by atoms with van der Waals surface area (Å²) in [5, 5.41) is 0. The monoisotopic (exact) mass is 221 g/mol. The van der Waals surface area contributed by atoms with Crippen LogP contribution in [0.4, 0.5) is 0 Å². The Kier molecular flexibility index (Phi) is 5.33. The van der Waals surface area contributed by atoms with Gasteiger partial charge in [0, 0.05) is 6.04 Å². The van der Waals surface area contributed by atoms with Crippen LogP contribution >= 0.6 is 0 Å². The fourth-order valence-corrected chi connectivity index (χ4v) is 1.59. The Bertz CT molecular complexity index is 311. The molecule has 16 heavy (non-hydrogen) atoms. The second-order valence-electron chi connectivity index (χ2n) is 4.32. The molecule has 0 aromatic heterocycles. The average Bonchev–Trinajstić information content (AvgIpc) is 2.35. The van der Waals surface area contributed by atoms with E-state index in [9.17, 15) is 0 Å². The summed E-state index contributed by atoms with van der Waals surface area (Å²) in [6.07, 6.45) is 2.09. The zero-order valence-electron chi connectivity index (χ0n) is 10.6. The van der Waals surface area contributed by atoms with E-state index in [1.165, 1.54) is 5.56 Å². The summed E-state index contributed by atoms with van der Waals surface area (Å²) in [5.41, 5.74) is 7.29. The van der Waals surface area contributed by atoms with Crippen molar-refractivity contribution in [2.75, 3.05) is 6.61 Å². The summed E-state index contributed by atoms with van der Waals surface area (Å²) in [5.74, 6) is 1.48. The van der Waals surface area contributed by atoms with Gasteiger partial charge in [0.1, 0.15) is 12.4 Å².